The Kier molecular flexibility index (Phi) is 3.22. The Labute approximate surface area is 99.4 Å². The predicted molar refractivity (Wildman–Crippen MR) is 64.4 cm³/mol. The summed E-state index contributed by atoms with van der Waals surface area (Å²) in [5, 5.41) is 9.85. The maximum absolute atomic E-state index is 5.63. The van der Waals surface area contributed by atoms with E-state index in [1.165, 1.54) is 6.33 Å². The Morgan fingerprint density at radius 2 is 2.24 bits per heavy atom. The molecule has 0 bridgehead atoms. The van der Waals surface area contributed by atoms with Gasteiger partial charge in [0.1, 0.15) is 12.1 Å². The Morgan fingerprint density at radius 3 is 2.82 bits per heavy atom. The van der Waals surface area contributed by atoms with Crippen molar-refractivity contribution in [1.29, 1.82) is 0 Å². The highest BCUT2D eigenvalue weighted by Crippen LogP contribution is 2.26. The van der Waals surface area contributed by atoms with Gasteiger partial charge in [-0.1, -0.05) is 6.92 Å². The number of nitrogens with zero attached hydrogens (tertiary/aromatic N) is 3. The van der Waals surface area contributed by atoms with Gasteiger partial charge in [-0.3, -0.25) is 5.10 Å². The molecule has 17 heavy (non-hydrogen) atoms. The van der Waals surface area contributed by atoms with Crippen LogP contribution in [0.2, 0.25) is 0 Å². The molecule has 2 aromatic heterocycles. The zero-order valence-corrected chi connectivity index (χ0v) is 10.1. The monoisotopic (exact) mass is 233 g/mol. The molecule has 0 amide bonds. The summed E-state index contributed by atoms with van der Waals surface area (Å²) in [7, 11) is 1.82. The molecule has 0 radical (unpaired) electrons. The second-order valence-corrected chi connectivity index (χ2v) is 3.60. The lowest BCUT2D eigenvalue weighted by molar-refractivity contribution is 0.437. The van der Waals surface area contributed by atoms with Crippen molar-refractivity contribution in [2.45, 2.75) is 20.3 Å². The van der Waals surface area contributed by atoms with Gasteiger partial charge in [0, 0.05) is 18.8 Å². The lowest BCUT2D eigenvalue weighted by Gasteiger charge is -2.09. The second-order valence-electron chi connectivity index (χ2n) is 3.60. The number of aromatic amines is 1. The number of H-pyrrole nitrogens is 1. The first-order valence-electron chi connectivity index (χ1n) is 5.46. The highest BCUT2D eigenvalue weighted by atomic mass is 16.5. The maximum Gasteiger partial charge on any atom is 0.240 e. The molecule has 0 unspecified atom stereocenters. The van der Waals surface area contributed by atoms with E-state index in [2.05, 4.69) is 25.5 Å². The fraction of sp³-hybridized carbons (Fsp3) is 0.364. The van der Waals surface area contributed by atoms with E-state index in [-0.39, 0.29) is 0 Å². The highest BCUT2D eigenvalue weighted by Gasteiger charge is 2.11. The minimum Gasteiger partial charge on any atom is -0.419 e. The molecule has 0 atom stereocenters. The van der Waals surface area contributed by atoms with Gasteiger partial charge in [0.2, 0.25) is 11.8 Å². The molecule has 0 aromatic carbocycles. The molecule has 90 valence electrons. The molecule has 2 aromatic rings. The molecule has 0 aliphatic rings. The van der Waals surface area contributed by atoms with Crippen LogP contribution in [0, 0.1) is 6.92 Å². The molecule has 0 saturated carbocycles. The standard InChI is InChI=1S/C11H15N5O/c1-4-8-10(12-3)13-6-14-11(8)17-9-5-7(2)15-16-9/h5-6H,4H2,1-3H3,(H,15,16)(H,12,13,14). The molecular weight excluding hydrogens is 218 g/mol. The number of nitrogens with one attached hydrogen (secondary N) is 2. The maximum atomic E-state index is 5.63. The van der Waals surface area contributed by atoms with Crippen molar-refractivity contribution in [3.63, 3.8) is 0 Å². The van der Waals surface area contributed by atoms with Gasteiger partial charge in [0.05, 0.1) is 5.56 Å². The lowest BCUT2D eigenvalue weighted by Crippen LogP contribution is -2.02. The Balaban J connectivity index is 2.32. The molecule has 6 heteroatoms. The Morgan fingerprint density at radius 1 is 1.41 bits per heavy atom. The minimum atomic E-state index is 0.512. The number of ether oxygens (including phenoxy) is 1. The van der Waals surface area contributed by atoms with Crippen molar-refractivity contribution in [3.8, 4) is 11.8 Å². The van der Waals surface area contributed by atoms with E-state index in [1.807, 2.05) is 27.0 Å². The predicted octanol–water partition coefficient (Wildman–Crippen LogP) is 1.90. The topological polar surface area (TPSA) is 75.7 Å². The second kappa shape index (κ2) is 4.82. The summed E-state index contributed by atoms with van der Waals surface area (Å²) < 4.78 is 5.63. The van der Waals surface area contributed by atoms with Crippen LogP contribution in [0.1, 0.15) is 18.2 Å². The molecule has 2 heterocycles. The van der Waals surface area contributed by atoms with Gasteiger partial charge >= 0.3 is 0 Å². The van der Waals surface area contributed by atoms with Crippen LogP contribution in [0.15, 0.2) is 12.4 Å². The molecule has 0 spiro atoms. The SMILES string of the molecule is CCc1c(NC)ncnc1Oc1cc(C)[nH]n1. The minimum absolute atomic E-state index is 0.512. The van der Waals surface area contributed by atoms with Crippen molar-refractivity contribution in [2.24, 2.45) is 0 Å². The molecule has 6 nitrogen and oxygen atoms in total. The Bertz CT molecular complexity index is 508. The molecule has 2 rings (SSSR count). The summed E-state index contributed by atoms with van der Waals surface area (Å²) in [6.07, 6.45) is 2.26. The average molecular weight is 233 g/mol. The van der Waals surface area contributed by atoms with E-state index in [0.717, 1.165) is 23.5 Å². The number of hydrogen-bond acceptors (Lipinski definition) is 5. The summed E-state index contributed by atoms with van der Waals surface area (Å²) in [6.45, 7) is 3.95. The number of aromatic nitrogens is 4. The van der Waals surface area contributed by atoms with Crippen molar-refractivity contribution >= 4 is 5.82 Å². The van der Waals surface area contributed by atoms with Crippen molar-refractivity contribution in [2.75, 3.05) is 12.4 Å². The first kappa shape index (κ1) is 11.4. The van der Waals surface area contributed by atoms with E-state index >= 15 is 0 Å². The lowest BCUT2D eigenvalue weighted by atomic mass is 10.2. The molecule has 0 fully saturated rings. The fourth-order valence-electron chi connectivity index (χ4n) is 1.56. The van der Waals surface area contributed by atoms with E-state index in [1.54, 1.807) is 0 Å². The fourth-order valence-corrected chi connectivity index (χ4v) is 1.56. The van der Waals surface area contributed by atoms with Gasteiger partial charge in [-0.05, 0) is 13.3 Å². The quantitative estimate of drug-likeness (QED) is 0.843. The zero-order chi connectivity index (χ0) is 12.3. The van der Waals surface area contributed by atoms with Crippen LogP contribution in [0.3, 0.4) is 0 Å². The third-order valence-corrected chi connectivity index (χ3v) is 2.38. The van der Waals surface area contributed by atoms with E-state index in [4.69, 9.17) is 4.74 Å². The Hall–Kier alpha value is -2.11. The molecule has 0 saturated heterocycles. The van der Waals surface area contributed by atoms with Gasteiger partial charge in [0.15, 0.2) is 0 Å². The van der Waals surface area contributed by atoms with Gasteiger partial charge in [-0.2, -0.15) is 0 Å². The normalized spacial score (nSPS) is 10.3. The van der Waals surface area contributed by atoms with E-state index in [0.29, 0.717) is 11.8 Å². The molecule has 0 aliphatic carbocycles. The number of anilines is 1. The third kappa shape index (κ3) is 2.35. The smallest absolute Gasteiger partial charge is 0.240 e. The number of aryl methyl sites for hydroxylation is 1. The van der Waals surface area contributed by atoms with Gasteiger partial charge in [-0.15, -0.1) is 5.10 Å². The summed E-state index contributed by atoms with van der Waals surface area (Å²) >= 11 is 0. The first-order valence-corrected chi connectivity index (χ1v) is 5.46. The number of hydrogen-bond donors (Lipinski definition) is 2. The van der Waals surface area contributed by atoms with Crippen molar-refractivity contribution < 1.29 is 4.74 Å². The van der Waals surface area contributed by atoms with Gasteiger partial charge < -0.3 is 10.1 Å². The zero-order valence-electron chi connectivity index (χ0n) is 10.1. The summed E-state index contributed by atoms with van der Waals surface area (Å²) in [4.78, 5) is 8.28. The summed E-state index contributed by atoms with van der Waals surface area (Å²) in [5.41, 5.74) is 1.89. The number of rotatable bonds is 4. The largest absolute Gasteiger partial charge is 0.419 e. The molecule has 2 N–H and O–H groups in total. The van der Waals surface area contributed by atoms with E-state index in [9.17, 15) is 0 Å². The third-order valence-electron chi connectivity index (χ3n) is 2.38. The van der Waals surface area contributed by atoms with Crippen LogP contribution in [-0.2, 0) is 6.42 Å². The van der Waals surface area contributed by atoms with Gasteiger partial charge in [-0.25, -0.2) is 9.97 Å². The van der Waals surface area contributed by atoms with Crippen LogP contribution in [0.4, 0.5) is 5.82 Å². The van der Waals surface area contributed by atoms with Crippen LogP contribution in [0.5, 0.6) is 11.8 Å². The first-order chi connectivity index (χ1) is 8.24. The molecular formula is C11H15N5O. The average Bonchev–Trinajstić information content (AvgIpc) is 2.74. The highest BCUT2D eigenvalue weighted by molar-refractivity contribution is 5.48. The summed E-state index contributed by atoms with van der Waals surface area (Å²) in [6, 6.07) is 1.82. The van der Waals surface area contributed by atoms with Crippen molar-refractivity contribution in [1.82, 2.24) is 20.2 Å². The van der Waals surface area contributed by atoms with Crippen LogP contribution >= 0.6 is 0 Å². The summed E-state index contributed by atoms with van der Waals surface area (Å²) in [5.74, 6) is 1.83. The van der Waals surface area contributed by atoms with E-state index < -0.39 is 0 Å². The van der Waals surface area contributed by atoms with Gasteiger partial charge in [0.25, 0.3) is 0 Å². The molecule has 0 aliphatic heterocycles. The van der Waals surface area contributed by atoms with Crippen molar-refractivity contribution in [3.05, 3.63) is 23.7 Å². The van der Waals surface area contributed by atoms with Crippen LogP contribution < -0.4 is 10.1 Å². The van der Waals surface area contributed by atoms with Crippen LogP contribution in [0.25, 0.3) is 0 Å². The van der Waals surface area contributed by atoms with Crippen LogP contribution in [-0.4, -0.2) is 27.2 Å².